The summed E-state index contributed by atoms with van der Waals surface area (Å²) >= 11 is 0. The van der Waals surface area contributed by atoms with E-state index in [4.69, 9.17) is 14.6 Å². The van der Waals surface area contributed by atoms with E-state index in [0.29, 0.717) is 17.1 Å². The number of rotatable bonds is 5. The summed E-state index contributed by atoms with van der Waals surface area (Å²) in [6, 6.07) is 5.06. The number of carboxylic acid groups (broad SMARTS) is 1. The number of hydrogen-bond donors (Lipinski definition) is 2. The molecule has 0 fully saturated rings. The van der Waals surface area contributed by atoms with Crippen molar-refractivity contribution in [3.63, 3.8) is 0 Å². The van der Waals surface area contributed by atoms with Crippen molar-refractivity contribution in [2.75, 3.05) is 14.2 Å². The van der Waals surface area contributed by atoms with Gasteiger partial charge >= 0.3 is 5.97 Å². The maximum Gasteiger partial charge on any atom is 0.336 e. The van der Waals surface area contributed by atoms with Gasteiger partial charge < -0.3 is 19.7 Å². The Kier molecular flexibility index (Phi) is 4.19. The van der Waals surface area contributed by atoms with Gasteiger partial charge in [0.25, 0.3) is 0 Å². The molecule has 5 heteroatoms. The summed E-state index contributed by atoms with van der Waals surface area (Å²) in [6.07, 6.45) is 0. The van der Waals surface area contributed by atoms with Crippen LogP contribution in [0.4, 0.5) is 0 Å². The molecule has 0 aliphatic rings. The van der Waals surface area contributed by atoms with Crippen LogP contribution >= 0.6 is 0 Å². The number of benzene rings is 1. The Balaban J connectivity index is 3.26. The third kappa shape index (κ3) is 2.56. The highest BCUT2D eigenvalue weighted by Gasteiger charge is 2.38. The van der Waals surface area contributed by atoms with Crippen LogP contribution < -0.4 is 9.47 Å². The molecule has 0 saturated heterocycles. The molecule has 0 heterocycles. The molecule has 100 valence electrons. The van der Waals surface area contributed by atoms with Crippen molar-refractivity contribution in [2.24, 2.45) is 0 Å². The predicted molar refractivity (Wildman–Crippen MR) is 66.2 cm³/mol. The molecule has 2 atom stereocenters. The molecule has 1 aromatic carbocycles. The molecule has 18 heavy (non-hydrogen) atoms. The first-order chi connectivity index (χ1) is 8.34. The van der Waals surface area contributed by atoms with Crippen LogP contribution in [0.3, 0.4) is 0 Å². The molecule has 0 aliphatic carbocycles. The highest BCUT2D eigenvalue weighted by Crippen LogP contribution is 2.36. The molecule has 2 N–H and O–H groups in total. The molecular formula is C13H18O5. The largest absolute Gasteiger partial charge is 0.497 e. The van der Waals surface area contributed by atoms with Gasteiger partial charge in [0.1, 0.15) is 11.5 Å². The Morgan fingerprint density at radius 3 is 2.39 bits per heavy atom. The van der Waals surface area contributed by atoms with Crippen LogP contribution in [0, 0.1) is 0 Å². The van der Waals surface area contributed by atoms with E-state index in [0.717, 1.165) is 0 Å². The van der Waals surface area contributed by atoms with Gasteiger partial charge in [0.05, 0.1) is 14.2 Å². The molecule has 0 spiro atoms. The number of aliphatic carboxylic acids is 1. The van der Waals surface area contributed by atoms with E-state index in [1.54, 1.807) is 25.1 Å². The van der Waals surface area contributed by atoms with Crippen molar-refractivity contribution in [1.82, 2.24) is 0 Å². The highest BCUT2D eigenvalue weighted by atomic mass is 16.5. The zero-order valence-corrected chi connectivity index (χ0v) is 10.9. The van der Waals surface area contributed by atoms with E-state index in [1.807, 2.05) is 0 Å². The smallest absolute Gasteiger partial charge is 0.336 e. The van der Waals surface area contributed by atoms with Gasteiger partial charge in [-0.1, -0.05) is 6.92 Å². The first-order valence-corrected chi connectivity index (χ1v) is 5.52. The SMILES string of the molecule is COc1ccc(OC)c(C(C)C(C)(O)C(=O)O)c1. The maximum atomic E-state index is 11.1. The lowest BCUT2D eigenvalue weighted by Crippen LogP contribution is -2.40. The van der Waals surface area contributed by atoms with Gasteiger partial charge in [-0.15, -0.1) is 0 Å². The Morgan fingerprint density at radius 2 is 1.94 bits per heavy atom. The van der Waals surface area contributed by atoms with Crippen molar-refractivity contribution in [1.29, 1.82) is 0 Å². The standard InChI is InChI=1S/C13H18O5/c1-8(13(2,16)12(14)15)10-7-9(17-3)5-6-11(10)18-4/h5-8,16H,1-4H3,(H,14,15). The molecule has 0 aliphatic heterocycles. The molecule has 1 rings (SSSR count). The first kappa shape index (κ1) is 14.3. The molecule has 1 aromatic rings. The number of aliphatic hydroxyl groups is 1. The van der Waals surface area contributed by atoms with Crippen LogP contribution in [0.15, 0.2) is 18.2 Å². The van der Waals surface area contributed by atoms with E-state index >= 15 is 0 Å². The van der Waals surface area contributed by atoms with Crippen molar-refractivity contribution >= 4 is 5.97 Å². The quantitative estimate of drug-likeness (QED) is 0.835. The summed E-state index contributed by atoms with van der Waals surface area (Å²) in [6.45, 7) is 2.89. The zero-order chi connectivity index (χ0) is 13.9. The topological polar surface area (TPSA) is 76.0 Å². The molecule has 0 aromatic heterocycles. The fourth-order valence-electron chi connectivity index (χ4n) is 1.67. The summed E-state index contributed by atoms with van der Waals surface area (Å²) in [7, 11) is 3.01. The van der Waals surface area contributed by atoms with Gasteiger partial charge in [-0.3, -0.25) is 0 Å². The lowest BCUT2D eigenvalue weighted by Gasteiger charge is -2.27. The van der Waals surface area contributed by atoms with Crippen molar-refractivity contribution in [3.05, 3.63) is 23.8 Å². The minimum absolute atomic E-state index is 0.518. The summed E-state index contributed by atoms with van der Waals surface area (Å²) in [5, 5.41) is 19.0. The average Bonchev–Trinajstić information content (AvgIpc) is 2.36. The van der Waals surface area contributed by atoms with E-state index < -0.39 is 17.5 Å². The molecule has 0 saturated carbocycles. The molecule has 5 nitrogen and oxygen atoms in total. The maximum absolute atomic E-state index is 11.1. The van der Waals surface area contributed by atoms with Gasteiger partial charge in [-0.05, 0) is 25.1 Å². The van der Waals surface area contributed by atoms with E-state index in [1.165, 1.54) is 21.1 Å². The number of methoxy groups -OCH3 is 2. The van der Waals surface area contributed by atoms with Crippen LogP contribution in [0.25, 0.3) is 0 Å². The Morgan fingerprint density at radius 1 is 1.33 bits per heavy atom. The van der Waals surface area contributed by atoms with Crippen LogP contribution in [-0.2, 0) is 4.79 Å². The Hall–Kier alpha value is -1.75. The van der Waals surface area contributed by atoms with E-state index in [-0.39, 0.29) is 0 Å². The second-order valence-electron chi connectivity index (χ2n) is 4.28. The second-order valence-corrected chi connectivity index (χ2v) is 4.28. The Bertz CT molecular complexity index is 439. The van der Waals surface area contributed by atoms with Gasteiger partial charge in [0.15, 0.2) is 5.60 Å². The minimum Gasteiger partial charge on any atom is -0.497 e. The third-order valence-electron chi connectivity index (χ3n) is 3.18. The van der Waals surface area contributed by atoms with Gasteiger partial charge in [0, 0.05) is 11.5 Å². The minimum atomic E-state index is -1.88. The van der Waals surface area contributed by atoms with Gasteiger partial charge in [-0.2, -0.15) is 0 Å². The van der Waals surface area contributed by atoms with Crippen molar-refractivity contribution < 1.29 is 24.5 Å². The fraction of sp³-hybridized carbons (Fsp3) is 0.462. The highest BCUT2D eigenvalue weighted by molar-refractivity contribution is 5.78. The number of hydrogen-bond acceptors (Lipinski definition) is 4. The van der Waals surface area contributed by atoms with Crippen LogP contribution in [0.5, 0.6) is 11.5 Å². The lowest BCUT2D eigenvalue weighted by atomic mass is 9.84. The third-order valence-corrected chi connectivity index (χ3v) is 3.18. The summed E-state index contributed by atoms with van der Waals surface area (Å²) in [5.74, 6) is -0.816. The molecule has 0 bridgehead atoms. The predicted octanol–water partition coefficient (Wildman–Crippen LogP) is 1.64. The van der Waals surface area contributed by atoms with Gasteiger partial charge in [-0.25, -0.2) is 4.79 Å². The average molecular weight is 254 g/mol. The lowest BCUT2D eigenvalue weighted by molar-refractivity contribution is -0.158. The van der Waals surface area contributed by atoms with Crippen LogP contribution in [0.2, 0.25) is 0 Å². The number of carboxylic acids is 1. The van der Waals surface area contributed by atoms with Crippen molar-refractivity contribution in [2.45, 2.75) is 25.4 Å². The monoisotopic (exact) mass is 254 g/mol. The van der Waals surface area contributed by atoms with E-state index in [9.17, 15) is 9.90 Å². The summed E-state index contributed by atoms with van der Waals surface area (Å²) < 4.78 is 10.3. The molecule has 0 amide bonds. The molecule has 0 radical (unpaired) electrons. The summed E-state index contributed by atoms with van der Waals surface area (Å²) in [5.41, 5.74) is -1.29. The van der Waals surface area contributed by atoms with E-state index in [2.05, 4.69) is 0 Å². The summed E-state index contributed by atoms with van der Waals surface area (Å²) in [4.78, 5) is 11.1. The fourth-order valence-corrected chi connectivity index (χ4v) is 1.67. The molecule has 2 unspecified atom stereocenters. The normalized spacial score (nSPS) is 15.6. The zero-order valence-electron chi connectivity index (χ0n) is 10.9. The number of carbonyl (C=O) groups is 1. The molecular weight excluding hydrogens is 236 g/mol. The van der Waals surface area contributed by atoms with Crippen molar-refractivity contribution in [3.8, 4) is 11.5 Å². The second kappa shape index (κ2) is 5.27. The first-order valence-electron chi connectivity index (χ1n) is 5.52. The number of ether oxygens (including phenoxy) is 2. The van der Waals surface area contributed by atoms with Crippen LogP contribution in [-0.4, -0.2) is 36.0 Å². The van der Waals surface area contributed by atoms with Crippen LogP contribution in [0.1, 0.15) is 25.3 Å². The van der Waals surface area contributed by atoms with Gasteiger partial charge in [0.2, 0.25) is 0 Å². The Labute approximate surface area is 106 Å².